The standard InChI is InChI=1S/C19H22BNO4S/c1-13(22)9-17-16(15-5-3-2-4-6-15)11-18(20(24)25-17)21-19(23)10-14-7-8-26-12-14/h2-8,12,16-18,24H,9-11H2,1H3,(H,21,23)/t16?,17-,18+/m1/s1. The number of amides is 1. The SMILES string of the molecule is CC(=O)C[C@H]1OB(O)[C@@H](NC(=O)Cc2ccsc2)CC1c1ccccc1. The van der Waals surface area contributed by atoms with Gasteiger partial charge in [-0.1, -0.05) is 30.3 Å². The van der Waals surface area contributed by atoms with E-state index in [-0.39, 0.29) is 30.4 Å². The van der Waals surface area contributed by atoms with Gasteiger partial charge in [-0.05, 0) is 41.3 Å². The van der Waals surface area contributed by atoms with Gasteiger partial charge in [-0.15, -0.1) is 0 Å². The molecule has 1 amide bonds. The summed E-state index contributed by atoms with van der Waals surface area (Å²) in [5, 5.41) is 17.1. The van der Waals surface area contributed by atoms with Gasteiger partial charge in [0.15, 0.2) is 0 Å². The maximum absolute atomic E-state index is 12.3. The minimum Gasteiger partial charge on any atom is -0.426 e. The van der Waals surface area contributed by atoms with Crippen molar-refractivity contribution in [1.29, 1.82) is 0 Å². The van der Waals surface area contributed by atoms with Crippen molar-refractivity contribution in [3.8, 4) is 0 Å². The number of hydrogen-bond acceptors (Lipinski definition) is 5. The fourth-order valence-electron chi connectivity index (χ4n) is 3.40. The summed E-state index contributed by atoms with van der Waals surface area (Å²) in [6.45, 7) is 1.52. The Morgan fingerprint density at radius 3 is 2.73 bits per heavy atom. The second kappa shape index (κ2) is 8.62. The molecular weight excluding hydrogens is 349 g/mol. The van der Waals surface area contributed by atoms with Crippen molar-refractivity contribution >= 4 is 30.1 Å². The molecule has 5 nitrogen and oxygen atoms in total. The quantitative estimate of drug-likeness (QED) is 0.765. The average Bonchev–Trinajstić information content (AvgIpc) is 3.10. The molecule has 1 aliphatic rings. The van der Waals surface area contributed by atoms with Crippen LogP contribution in [0.1, 0.15) is 36.8 Å². The maximum atomic E-state index is 12.3. The number of carbonyl (C=O) groups excluding carboxylic acids is 2. The van der Waals surface area contributed by atoms with Gasteiger partial charge < -0.3 is 15.0 Å². The predicted molar refractivity (Wildman–Crippen MR) is 102 cm³/mol. The van der Waals surface area contributed by atoms with E-state index in [1.807, 2.05) is 47.2 Å². The third kappa shape index (κ3) is 4.81. The van der Waals surface area contributed by atoms with E-state index < -0.39 is 19.2 Å². The van der Waals surface area contributed by atoms with E-state index in [0.717, 1.165) is 11.1 Å². The second-order valence-corrected chi connectivity index (χ2v) is 7.49. The molecule has 1 saturated heterocycles. The lowest BCUT2D eigenvalue weighted by molar-refractivity contribution is -0.122. The van der Waals surface area contributed by atoms with E-state index in [2.05, 4.69) is 5.32 Å². The van der Waals surface area contributed by atoms with Gasteiger partial charge in [0.05, 0.1) is 18.5 Å². The summed E-state index contributed by atoms with van der Waals surface area (Å²) in [4.78, 5) is 23.9. The van der Waals surface area contributed by atoms with Crippen LogP contribution in [0.15, 0.2) is 47.2 Å². The molecule has 26 heavy (non-hydrogen) atoms. The molecule has 0 aliphatic carbocycles. The number of Topliss-reactive ketones (excluding diaryl/α,β-unsaturated/α-hetero) is 1. The highest BCUT2D eigenvalue weighted by molar-refractivity contribution is 7.08. The lowest BCUT2D eigenvalue weighted by Crippen LogP contribution is -2.55. The Hall–Kier alpha value is -1.96. The van der Waals surface area contributed by atoms with Crippen LogP contribution in [0.4, 0.5) is 0 Å². The second-order valence-electron chi connectivity index (χ2n) is 6.71. The third-order valence-corrected chi connectivity index (χ3v) is 5.35. The summed E-state index contributed by atoms with van der Waals surface area (Å²) >= 11 is 1.55. The highest BCUT2D eigenvalue weighted by Gasteiger charge is 2.42. The Morgan fingerprint density at radius 2 is 2.08 bits per heavy atom. The molecule has 0 bridgehead atoms. The highest BCUT2D eigenvalue weighted by Crippen LogP contribution is 2.34. The number of rotatable bonds is 6. The number of carbonyl (C=O) groups is 2. The van der Waals surface area contributed by atoms with Crippen LogP contribution in [-0.4, -0.2) is 35.9 Å². The number of ketones is 1. The van der Waals surface area contributed by atoms with Crippen LogP contribution in [0.5, 0.6) is 0 Å². The zero-order valence-corrected chi connectivity index (χ0v) is 15.4. The zero-order chi connectivity index (χ0) is 18.5. The van der Waals surface area contributed by atoms with Crippen LogP contribution < -0.4 is 5.32 Å². The fraction of sp³-hybridized carbons (Fsp3) is 0.368. The van der Waals surface area contributed by atoms with E-state index in [1.54, 1.807) is 11.3 Å². The van der Waals surface area contributed by atoms with Crippen molar-refractivity contribution < 1.29 is 19.3 Å². The van der Waals surface area contributed by atoms with Crippen LogP contribution >= 0.6 is 11.3 Å². The van der Waals surface area contributed by atoms with Crippen LogP contribution in [0, 0.1) is 0 Å². The molecule has 7 heteroatoms. The van der Waals surface area contributed by atoms with E-state index >= 15 is 0 Å². The largest absolute Gasteiger partial charge is 0.478 e. The van der Waals surface area contributed by atoms with E-state index in [9.17, 15) is 14.6 Å². The molecule has 1 unspecified atom stereocenters. The van der Waals surface area contributed by atoms with Crippen LogP contribution in [-0.2, 0) is 20.7 Å². The minimum absolute atomic E-state index is 0.0167. The Balaban J connectivity index is 1.71. The summed E-state index contributed by atoms with van der Waals surface area (Å²) in [6.07, 6.45) is 0.652. The van der Waals surface area contributed by atoms with E-state index in [1.165, 1.54) is 6.92 Å². The first kappa shape index (κ1) is 18.8. The Bertz CT molecular complexity index is 737. The summed E-state index contributed by atoms with van der Waals surface area (Å²) < 4.78 is 5.73. The molecule has 3 atom stereocenters. The molecule has 2 aromatic rings. The van der Waals surface area contributed by atoms with Gasteiger partial charge in [0.25, 0.3) is 0 Å². The first-order valence-electron chi connectivity index (χ1n) is 8.71. The molecule has 1 fully saturated rings. The Labute approximate surface area is 157 Å². The summed E-state index contributed by atoms with van der Waals surface area (Å²) in [6, 6.07) is 11.7. The van der Waals surface area contributed by atoms with E-state index in [4.69, 9.17) is 4.65 Å². The zero-order valence-electron chi connectivity index (χ0n) is 14.6. The van der Waals surface area contributed by atoms with Crippen molar-refractivity contribution in [1.82, 2.24) is 5.32 Å². The Kier molecular flexibility index (Phi) is 6.24. The molecule has 0 radical (unpaired) electrons. The van der Waals surface area contributed by atoms with E-state index in [0.29, 0.717) is 6.42 Å². The van der Waals surface area contributed by atoms with Gasteiger partial charge in [-0.3, -0.25) is 9.59 Å². The van der Waals surface area contributed by atoms with Crippen molar-refractivity contribution in [2.24, 2.45) is 0 Å². The minimum atomic E-state index is -1.12. The third-order valence-electron chi connectivity index (χ3n) is 4.62. The molecule has 2 N–H and O–H groups in total. The summed E-state index contributed by atoms with van der Waals surface area (Å²) in [7, 11) is -1.12. The Morgan fingerprint density at radius 1 is 1.31 bits per heavy atom. The lowest BCUT2D eigenvalue weighted by atomic mass is 9.67. The molecule has 0 saturated carbocycles. The predicted octanol–water partition coefficient (Wildman–Crippen LogP) is 2.35. The van der Waals surface area contributed by atoms with Gasteiger partial charge in [-0.2, -0.15) is 11.3 Å². The first-order chi connectivity index (χ1) is 12.5. The van der Waals surface area contributed by atoms with Crippen molar-refractivity contribution in [3.63, 3.8) is 0 Å². The smallest absolute Gasteiger partial charge is 0.426 e. The van der Waals surface area contributed by atoms with Crippen molar-refractivity contribution in [3.05, 3.63) is 58.3 Å². The van der Waals surface area contributed by atoms with Gasteiger partial charge in [-0.25, -0.2) is 0 Å². The number of nitrogens with one attached hydrogen (secondary N) is 1. The monoisotopic (exact) mass is 371 g/mol. The summed E-state index contributed by atoms with van der Waals surface area (Å²) in [5.41, 5.74) is 2.00. The molecule has 0 spiro atoms. The van der Waals surface area contributed by atoms with Crippen molar-refractivity contribution in [2.45, 2.75) is 44.1 Å². The number of thiophene rings is 1. The van der Waals surface area contributed by atoms with Gasteiger partial charge in [0.2, 0.25) is 5.91 Å². The first-order valence-corrected chi connectivity index (χ1v) is 9.65. The molecule has 1 aromatic carbocycles. The fourth-order valence-corrected chi connectivity index (χ4v) is 4.07. The molecular formula is C19H22BNO4S. The highest BCUT2D eigenvalue weighted by atomic mass is 32.1. The number of hydrogen-bond donors (Lipinski definition) is 2. The van der Waals surface area contributed by atoms with Gasteiger partial charge >= 0.3 is 7.12 Å². The van der Waals surface area contributed by atoms with Gasteiger partial charge in [0, 0.05) is 12.3 Å². The van der Waals surface area contributed by atoms with Crippen LogP contribution in [0.25, 0.3) is 0 Å². The normalized spacial score (nSPS) is 22.8. The van der Waals surface area contributed by atoms with Crippen LogP contribution in [0.3, 0.4) is 0 Å². The average molecular weight is 371 g/mol. The number of benzene rings is 1. The molecule has 3 rings (SSSR count). The summed E-state index contributed by atoms with van der Waals surface area (Å²) in [5.74, 6) is -0.694. The van der Waals surface area contributed by atoms with Crippen molar-refractivity contribution in [2.75, 3.05) is 0 Å². The van der Waals surface area contributed by atoms with Crippen LogP contribution in [0.2, 0.25) is 0 Å². The molecule has 136 valence electrons. The molecule has 2 heterocycles. The topological polar surface area (TPSA) is 75.6 Å². The lowest BCUT2D eigenvalue weighted by Gasteiger charge is -2.38. The maximum Gasteiger partial charge on any atom is 0.478 e. The molecule has 1 aromatic heterocycles. The van der Waals surface area contributed by atoms with Gasteiger partial charge in [0.1, 0.15) is 5.78 Å². The molecule has 1 aliphatic heterocycles.